The van der Waals surface area contributed by atoms with Gasteiger partial charge in [-0.2, -0.15) is 0 Å². The maximum Gasteiger partial charge on any atom is 0.264 e. The zero-order valence-corrected chi connectivity index (χ0v) is 19.0. The highest BCUT2D eigenvalue weighted by Gasteiger charge is 2.26. The molecule has 33 heavy (non-hydrogen) atoms. The lowest BCUT2D eigenvalue weighted by Gasteiger charge is -2.25. The molecular weight excluding hydrogens is 436 g/mol. The molecule has 0 N–H and O–H groups in total. The van der Waals surface area contributed by atoms with E-state index in [2.05, 4.69) is 0 Å². The van der Waals surface area contributed by atoms with E-state index in [9.17, 15) is 13.2 Å². The van der Waals surface area contributed by atoms with E-state index < -0.39 is 10.0 Å². The zero-order valence-electron chi connectivity index (χ0n) is 18.2. The molecular formula is C26H24N2O4S. The molecule has 0 saturated carbocycles. The van der Waals surface area contributed by atoms with E-state index in [1.165, 1.54) is 21.3 Å². The Kier molecular flexibility index (Phi) is 6.60. The second-order valence-corrected chi connectivity index (χ2v) is 9.46. The van der Waals surface area contributed by atoms with E-state index in [0.717, 1.165) is 5.56 Å². The van der Waals surface area contributed by atoms with Crippen molar-refractivity contribution in [1.82, 2.24) is 4.90 Å². The summed E-state index contributed by atoms with van der Waals surface area (Å²) in [4.78, 5) is 14.5. The number of sulfonamides is 1. The molecule has 0 saturated heterocycles. The monoisotopic (exact) mass is 460 g/mol. The second-order valence-electron chi connectivity index (χ2n) is 7.60. The van der Waals surface area contributed by atoms with Crippen molar-refractivity contribution in [2.24, 2.45) is 0 Å². The molecule has 1 aromatic heterocycles. The van der Waals surface area contributed by atoms with Crippen molar-refractivity contribution in [1.29, 1.82) is 0 Å². The average Bonchev–Trinajstić information content (AvgIpc) is 3.36. The average molecular weight is 461 g/mol. The Morgan fingerprint density at radius 1 is 0.818 bits per heavy atom. The van der Waals surface area contributed by atoms with Crippen molar-refractivity contribution in [2.75, 3.05) is 11.4 Å². The minimum absolute atomic E-state index is 0.0551. The maximum absolute atomic E-state index is 13.7. The molecule has 3 aromatic carbocycles. The summed E-state index contributed by atoms with van der Waals surface area (Å²) in [5, 5.41) is 0. The first kappa shape index (κ1) is 22.4. The molecule has 0 aliphatic carbocycles. The van der Waals surface area contributed by atoms with E-state index in [1.54, 1.807) is 61.8 Å². The Morgan fingerprint density at radius 3 is 2.18 bits per heavy atom. The van der Waals surface area contributed by atoms with Gasteiger partial charge in [0.1, 0.15) is 5.76 Å². The summed E-state index contributed by atoms with van der Waals surface area (Å²) in [5.41, 5.74) is 1.70. The van der Waals surface area contributed by atoms with Crippen LogP contribution in [0.25, 0.3) is 0 Å². The predicted octanol–water partition coefficient (Wildman–Crippen LogP) is 4.95. The lowest BCUT2D eigenvalue weighted by molar-refractivity contribution is 0.0775. The Labute approximate surface area is 193 Å². The molecule has 0 spiro atoms. The third kappa shape index (κ3) is 5.15. The number of hydrogen-bond acceptors (Lipinski definition) is 4. The van der Waals surface area contributed by atoms with Crippen molar-refractivity contribution in [3.8, 4) is 0 Å². The molecule has 4 aromatic rings. The topological polar surface area (TPSA) is 70.8 Å². The van der Waals surface area contributed by atoms with Gasteiger partial charge in [0.2, 0.25) is 0 Å². The first-order valence-corrected chi connectivity index (χ1v) is 11.9. The Hall–Kier alpha value is -3.84. The van der Waals surface area contributed by atoms with Crippen molar-refractivity contribution in [3.05, 3.63) is 120 Å². The van der Waals surface area contributed by atoms with E-state index in [1.807, 2.05) is 36.4 Å². The molecule has 0 aliphatic heterocycles. The summed E-state index contributed by atoms with van der Waals surface area (Å²) < 4.78 is 34.1. The van der Waals surface area contributed by atoms with Gasteiger partial charge in [0, 0.05) is 12.6 Å². The van der Waals surface area contributed by atoms with Gasteiger partial charge < -0.3 is 9.32 Å². The summed E-state index contributed by atoms with van der Waals surface area (Å²) in [6.45, 7) is 0.455. The number of carbonyl (C=O) groups excluding carboxylic acids is 1. The Bertz CT molecular complexity index is 1300. The number of anilines is 1. The molecule has 0 fully saturated rings. The van der Waals surface area contributed by atoms with Gasteiger partial charge >= 0.3 is 0 Å². The van der Waals surface area contributed by atoms with Crippen LogP contribution < -0.4 is 4.31 Å². The third-order valence-electron chi connectivity index (χ3n) is 5.20. The molecule has 168 valence electrons. The van der Waals surface area contributed by atoms with Gasteiger partial charge in [0.15, 0.2) is 0 Å². The fourth-order valence-corrected chi connectivity index (χ4v) is 5.00. The zero-order chi connectivity index (χ0) is 23.3. The van der Waals surface area contributed by atoms with Crippen LogP contribution in [0.1, 0.15) is 21.7 Å². The molecule has 7 heteroatoms. The largest absolute Gasteiger partial charge is 0.467 e. The molecule has 6 nitrogen and oxygen atoms in total. The van der Waals surface area contributed by atoms with E-state index in [0.29, 0.717) is 11.4 Å². The van der Waals surface area contributed by atoms with Gasteiger partial charge in [-0.05, 0) is 48.0 Å². The smallest absolute Gasteiger partial charge is 0.264 e. The highest BCUT2D eigenvalue weighted by Crippen LogP contribution is 2.26. The summed E-state index contributed by atoms with van der Waals surface area (Å²) >= 11 is 0. The maximum atomic E-state index is 13.7. The molecule has 0 atom stereocenters. The molecule has 0 radical (unpaired) electrons. The van der Waals surface area contributed by atoms with Crippen LogP contribution in [0, 0.1) is 0 Å². The van der Waals surface area contributed by atoms with Crippen molar-refractivity contribution >= 4 is 21.6 Å². The Balaban J connectivity index is 1.66. The van der Waals surface area contributed by atoms with Gasteiger partial charge in [-0.15, -0.1) is 0 Å². The number of amides is 1. The number of nitrogens with zero attached hydrogens (tertiary/aromatic N) is 2. The van der Waals surface area contributed by atoms with Crippen LogP contribution in [-0.2, 0) is 23.1 Å². The lowest BCUT2D eigenvalue weighted by Crippen LogP contribution is -2.31. The fraction of sp³-hybridized carbons (Fsp3) is 0.115. The number of rotatable bonds is 8. The van der Waals surface area contributed by atoms with Crippen LogP contribution in [0.4, 0.5) is 5.69 Å². The number of para-hydroxylation sites is 1. The summed E-state index contributed by atoms with van der Waals surface area (Å²) in [6.07, 6.45) is 1.55. The van der Waals surface area contributed by atoms with Crippen LogP contribution >= 0.6 is 0 Å². The first-order chi connectivity index (χ1) is 15.9. The number of benzene rings is 3. The third-order valence-corrected chi connectivity index (χ3v) is 6.97. The van der Waals surface area contributed by atoms with Crippen molar-refractivity contribution in [3.63, 3.8) is 0 Å². The van der Waals surface area contributed by atoms with Crippen LogP contribution in [0.2, 0.25) is 0 Å². The highest BCUT2D eigenvalue weighted by molar-refractivity contribution is 7.92. The van der Waals surface area contributed by atoms with Crippen molar-refractivity contribution < 1.29 is 17.6 Å². The SMILES string of the molecule is CN(Cc1ccco1)C(=O)c1cccc(S(=O)(=O)N(Cc2ccccc2)c2ccccc2)c1. The molecule has 4 rings (SSSR count). The second kappa shape index (κ2) is 9.75. The number of hydrogen-bond donors (Lipinski definition) is 0. The highest BCUT2D eigenvalue weighted by atomic mass is 32.2. The van der Waals surface area contributed by atoms with E-state index in [4.69, 9.17) is 4.42 Å². The molecule has 0 bridgehead atoms. The predicted molar refractivity (Wildman–Crippen MR) is 127 cm³/mol. The minimum atomic E-state index is -3.94. The van der Waals surface area contributed by atoms with Gasteiger partial charge in [-0.1, -0.05) is 54.6 Å². The van der Waals surface area contributed by atoms with Crippen LogP contribution in [0.5, 0.6) is 0 Å². The molecule has 1 amide bonds. The first-order valence-electron chi connectivity index (χ1n) is 10.4. The van der Waals surface area contributed by atoms with Crippen LogP contribution in [0.15, 0.2) is 113 Å². The van der Waals surface area contributed by atoms with Gasteiger partial charge in [-0.3, -0.25) is 9.10 Å². The molecule has 1 heterocycles. The summed E-state index contributed by atoms with van der Waals surface area (Å²) in [7, 11) is -2.29. The van der Waals surface area contributed by atoms with Gasteiger partial charge in [0.25, 0.3) is 15.9 Å². The van der Waals surface area contributed by atoms with E-state index in [-0.39, 0.29) is 29.5 Å². The van der Waals surface area contributed by atoms with E-state index >= 15 is 0 Å². The van der Waals surface area contributed by atoms with Crippen LogP contribution in [-0.4, -0.2) is 26.3 Å². The summed E-state index contributed by atoms with van der Waals surface area (Å²) in [6, 6.07) is 28.0. The number of carbonyl (C=O) groups is 1. The van der Waals surface area contributed by atoms with Crippen LogP contribution in [0.3, 0.4) is 0 Å². The molecule has 0 unspecified atom stereocenters. The lowest BCUT2D eigenvalue weighted by atomic mass is 10.2. The van der Waals surface area contributed by atoms with Gasteiger partial charge in [-0.25, -0.2) is 8.42 Å². The standard InChI is InChI=1S/C26H24N2O4S/c1-27(20-24-15-9-17-32-24)26(29)22-12-8-16-25(18-22)33(30,31)28(23-13-6-3-7-14-23)19-21-10-4-2-5-11-21/h2-18H,19-20H2,1H3. The Morgan fingerprint density at radius 2 is 1.52 bits per heavy atom. The summed E-state index contributed by atoms with van der Waals surface area (Å²) in [5.74, 6) is 0.352. The van der Waals surface area contributed by atoms with Crippen molar-refractivity contribution in [2.45, 2.75) is 18.0 Å². The quantitative estimate of drug-likeness (QED) is 0.373. The minimum Gasteiger partial charge on any atom is -0.467 e. The molecule has 0 aliphatic rings. The van der Waals surface area contributed by atoms with Gasteiger partial charge in [0.05, 0.1) is 29.9 Å². The number of furan rings is 1. The fourth-order valence-electron chi connectivity index (χ4n) is 3.50. The normalized spacial score (nSPS) is 11.2.